The van der Waals surface area contributed by atoms with Gasteiger partial charge in [0.1, 0.15) is 18.3 Å². The first kappa shape index (κ1) is 29.1. The van der Waals surface area contributed by atoms with Crippen LogP contribution < -0.4 is 10.2 Å². The molecular weight excluding hydrogens is 564 g/mol. The van der Waals surface area contributed by atoms with Gasteiger partial charge in [-0.1, -0.05) is 42.4 Å². The summed E-state index contributed by atoms with van der Waals surface area (Å²) in [4.78, 5) is 19.3. The molecule has 0 unspecified atom stereocenters. The molecule has 4 aromatic rings. The first-order valence-electron chi connectivity index (χ1n) is 15.6. The number of ether oxygens (including phenoxy) is 1. The van der Waals surface area contributed by atoms with Gasteiger partial charge in [-0.05, 0) is 50.8 Å². The number of aromatic nitrogens is 5. The molecule has 0 saturated carbocycles. The van der Waals surface area contributed by atoms with Crippen LogP contribution in [-0.4, -0.2) is 102 Å². The summed E-state index contributed by atoms with van der Waals surface area (Å²) in [5.74, 6) is 1.40. The SMILES string of the molecule is CCc1cc([C@H]2O[C@@H](n3cnc4c(N[C@H](CO)Cc5ccccc5)nc(N5CC[C@@H](N6CCCC6)C5)nc43)[C@H](O)[C@@H]2O)on1. The van der Waals surface area contributed by atoms with Crippen LogP contribution in [0.2, 0.25) is 0 Å². The van der Waals surface area contributed by atoms with Crippen LogP contribution in [0.25, 0.3) is 11.2 Å². The molecule has 3 fully saturated rings. The molecule has 3 aromatic heterocycles. The lowest BCUT2D eigenvalue weighted by Crippen LogP contribution is -2.35. The summed E-state index contributed by atoms with van der Waals surface area (Å²) in [6.45, 7) is 5.75. The number of nitrogens with one attached hydrogen (secondary N) is 1. The maximum Gasteiger partial charge on any atom is 0.229 e. The highest BCUT2D eigenvalue weighted by Crippen LogP contribution is 2.40. The number of aryl methyl sites for hydroxylation is 1. The third kappa shape index (κ3) is 5.54. The average Bonchev–Trinajstić information content (AvgIpc) is 3.88. The number of aliphatic hydroxyl groups excluding tert-OH is 3. The highest BCUT2D eigenvalue weighted by atomic mass is 16.6. The predicted octanol–water partition coefficient (Wildman–Crippen LogP) is 2.06. The number of aliphatic hydroxyl groups is 3. The molecule has 0 spiro atoms. The molecule has 6 heterocycles. The fourth-order valence-corrected chi connectivity index (χ4v) is 6.67. The Balaban J connectivity index is 1.22. The van der Waals surface area contributed by atoms with Crippen LogP contribution in [0.3, 0.4) is 0 Å². The minimum absolute atomic E-state index is 0.105. The largest absolute Gasteiger partial charge is 0.394 e. The monoisotopic (exact) mass is 604 g/mol. The van der Waals surface area contributed by atoms with E-state index in [4.69, 9.17) is 19.2 Å². The van der Waals surface area contributed by atoms with Crippen LogP contribution in [0, 0.1) is 0 Å². The van der Waals surface area contributed by atoms with E-state index < -0.39 is 24.5 Å². The Hall–Kier alpha value is -3.62. The average molecular weight is 605 g/mol. The molecule has 0 radical (unpaired) electrons. The topological polar surface area (TPSA) is 158 Å². The highest BCUT2D eigenvalue weighted by Gasteiger charge is 2.47. The number of hydrogen-bond acceptors (Lipinski definition) is 12. The van der Waals surface area contributed by atoms with Gasteiger partial charge in [0.05, 0.1) is 24.7 Å². The number of fused-ring (bicyclic) bond motifs is 1. The number of imidazole rings is 1. The number of anilines is 2. The van der Waals surface area contributed by atoms with Crippen molar-refractivity contribution in [2.24, 2.45) is 0 Å². The van der Waals surface area contributed by atoms with Gasteiger partial charge in [0.2, 0.25) is 5.95 Å². The van der Waals surface area contributed by atoms with Crippen molar-refractivity contribution in [2.75, 3.05) is 43.0 Å². The Morgan fingerprint density at radius 2 is 1.89 bits per heavy atom. The van der Waals surface area contributed by atoms with Crippen molar-refractivity contribution in [3.63, 3.8) is 0 Å². The molecule has 0 aliphatic carbocycles. The molecule has 6 atom stereocenters. The zero-order valence-corrected chi connectivity index (χ0v) is 24.9. The van der Waals surface area contributed by atoms with Gasteiger partial charge in [-0.3, -0.25) is 9.47 Å². The molecule has 44 heavy (non-hydrogen) atoms. The van der Waals surface area contributed by atoms with E-state index in [1.807, 2.05) is 37.3 Å². The van der Waals surface area contributed by atoms with E-state index in [9.17, 15) is 15.3 Å². The van der Waals surface area contributed by atoms with Gasteiger partial charge < -0.3 is 34.8 Å². The lowest BCUT2D eigenvalue weighted by molar-refractivity contribution is -0.0434. The first-order valence-corrected chi connectivity index (χ1v) is 15.6. The van der Waals surface area contributed by atoms with Crippen molar-refractivity contribution in [3.8, 4) is 0 Å². The summed E-state index contributed by atoms with van der Waals surface area (Å²) in [5.41, 5.74) is 2.77. The standard InChI is InChI=1S/C31H40N8O5/c1-2-20-15-23(44-36-20)27-25(41)26(42)30(43-27)39-18-32-24-28(33-21(17-40)14-19-8-4-3-5-9-19)34-31(35-29(24)39)38-13-10-22(16-38)37-11-6-7-12-37/h3-5,8-9,15,18,21-22,25-27,30,40-42H,2,6-7,10-14,16-17H2,1H3,(H,33,34,35)/t21-,22+,25-,26+,27+,30+/m0/s1. The van der Waals surface area contributed by atoms with Crippen molar-refractivity contribution >= 4 is 22.9 Å². The van der Waals surface area contributed by atoms with Gasteiger partial charge in [0, 0.05) is 25.2 Å². The fourth-order valence-electron chi connectivity index (χ4n) is 6.67. The molecule has 0 amide bonds. The van der Waals surface area contributed by atoms with Crippen LogP contribution in [0.1, 0.15) is 55.5 Å². The molecule has 3 aliphatic heterocycles. The second-order valence-corrected chi connectivity index (χ2v) is 12.0. The van der Waals surface area contributed by atoms with Crippen LogP contribution >= 0.6 is 0 Å². The predicted molar refractivity (Wildman–Crippen MR) is 162 cm³/mol. The van der Waals surface area contributed by atoms with Gasteiger partial charge in [0.25, 0.3) is 0 Å². The second kappa shape index (κ2) is 12.4. The molecule has 1 aromatic carbocycles. The molecule has 3 saturated heterocycles. The zero-order valence-electron chi connectivity index (χ0n) is 24.9. The number of hydrogen-bond donors (Lipinski definition) is 4. The van der Waals surface area contributed by atoms with Gasteiger partial charge in [-0.2, -0.15) is 9.97 Å². The zero-order chi connectivity index (χ0) is 30.2. The summed E-state index contributed by atoms with van der Waals surface area (Å²) in [6.07, 6.45) is 1.95. The smallest absolute Gasteiger partial charge is 0.229 e. The Bertz CT molecular complexity index is 1560. The first-order chi connectivity index (χ1) is 21.5. The van der Waals surface area contributed by atoms with E-state index in [0.717, 1.165) is 43.9 Å². The van der Waals surface area contributed by atoms with E-state index in [0.29, 0.717) is 47.6 Å². The Morgan fingerprint density at radius 1 is 1.07 bits per heavy atom. The second-order valence-electron chi connectivity index (χ2n) is 12.0. The van der Waals surface area contributed by atoms with Crippen LogP contribution in [0.4, 0.5) is 11.8 Å². The van der Waals surface area contributed by atoms with E-state index in [1.165, 1.54) is 12.8 Å². The van der Waals surface area contributed by atoms with E-state index in [1.54, 1.807) is 17.0 Å². The Labute approximate surface area is 255 Å². The molecule has 7 rings (SSSR count). The van der Waals surface area contributed by atoms with E-state index >= 15 is 0 Å². The lowest BCUT2D eigenvalue weighted by Gasteiger charge is -2.24. The molecular formula is C31H40N8O5. The van der Waals surface area contributed by atoms with Gasteiger partial charge >= 0.3 is 0 Å². The normalized spacial score (nSPS) is 26.6. The maximum atomic E-state index is 11.1. The summed E-state index contributed by atoms with van der Waals surface area (Å²) >= 11 is 0. The number of likely N-dealkylation sites (tertiary alicyclic amines) is 1. The molecule has 13 nitrogen and oxygen atoms in total. The third-order valence-electron chi connectivity index (χ3n) is 9.13. The van der Waals surface area contributed by atoms with Gasteiger partial charge in [0.15, 0.2) is 29.0 Å². The summed E-state index contributed by atoms with van der Waals surface area (Å²) in [6, 6.07) is 11.9. The van der Waals surface area contributed by atoms with Crippen molar-refractivity contribution < 1.29 is 24.6 Å². The number of nitrogens with zero attached hydrogens (tertiary/aromatic N) is 7. The Morgan fingerprint density at radius 3 is 2.64 bits per heavy atom. The third-order valence-corrected chi connectivity index (χ3v) is 9.13. The van der Waals surface area contributed by atoms with E-state index in [-0.39, 0.29) is 12.6 Å². The van der Waals surface area contributed by atoms with E-state index in [2.05, 4.69) is 25.3 Å². The maximum absolute atomic E-state index is 11.1. The van der Waals surface area contributed by atoms with Crippen molar-refractivity contribution in [3.05, 3.63) is 59.7 Å². The summed E-state index contributed by atoms with van der Waals surface area (Å²) in [5, 5.41) is 39.9. The van der Waals surface area contributed by atoms with Crippen LogP contribution in [0.5, 0.6) is 0 Å². The van der Waals surface area contributed by atoms with Gasteiger partial charge in [-0.15, -0.1) is 0 Å². The number of benzene rings is 1. The highest BCUT2D eigenvalue weighted by molar-refractivity contribution is 5.84. The minimum atomic E-state index is -1.27. The fraction of sp³-hybridized carbons (Fsp3) is 0.548. The van der Waals surface area contributed by atoms with Crippen molar-refractivity contribution in [2.45, 2.75) is 75.7 Å². The van der Waals surface area contributed by atoms with Crippen LogP contribution in [-0.2, 0) is 17.6 Å². The Kier molecular flexibility index (Phi) is 8.21. The lowest BCUT2D eigenvalue weighted by atomic mass is 10.1. The molecule has 3 aliphatic rings. The summed E-state index contributed by atoms with van der Waals surface area (Å²) in [7, 11) is 0. The van der Waals surface area contributed by atoms with Crippen molar-refractivity contribution in [1.82, 2.24) is 29.6 Å². The molecule has 0 bridgehead atoms. The molecule has 4 N–H and O–H groups in total. The quantitative estimate of drug-likeness (QED) is 0.209. The van der Waals surface area contributed by atoms with Gasteiger partial charge in [-0.25, -0.2) is 4.98 Å². The summed E-state index contributed by atoms with van der Waals surface area (Å²) < 4.78 is 13.3. The molecule has 13 heteroatoms. The van der Waals surface area contributed by atoms with Crippen LogP contribution in [0.15, 0.2) is 47.2 Å². The minimum Gasteiger partial charge on any atom is -0.394 e. The molecule has 234 valence electrons. The van der Waals surface area contributed by atoms with Crippen molar-refractivity contribution in [1.29, 1.82) is 0 Å². The number of rotatable bonds is 10.